The zero-order valence-electron chi connectivity index (χ0n) is 33.5. The normalized spacial score (nSPS) is 44.7. The van der Waals surface area contributed by atoms with Gasteiger partial charge in [-0.15, -0.1) is 0 Å². The molecule has 0 radical (unpaired) electrons. The molecule has 0 aliphatic carbocycles. The molecule has 62 heavy (non-hydrogen) atoms. The number of ether oxygens (including phenoxy) is 12. The van der Waals surface area contributed by atoms with Crippen molar-refractivity contribution in [3.8, 4) is 28.7 Å². The van der Waals surface area contributed by atoms with Crippen molar-refractivity contribution in [1.29, 1.82) is 0 Å². The Kier molecular flexibility index (Phi) is 12.0. The molecule has 2 aromatic rings. The van der Waals surface area contributed by atoms with Crippen molar-refractivity contribution < 1.29 is 108 Å². The largest absolute Gasteiger partial charge is 0.458 e. The molecule has 344 valence electrons. The van der Waals surface area contributed by atoms with Gasteiger partial charge in [0.2, 0.25) is 25.6 Å². The maximum Gasteiger partial charge on any atom is 0.231 e. The number of hydrogen-bond acceptors (Lipinski definition) is 22. The van der Waals surface area contributed by atoms with Gasteiger partial charge in [-0.25, -0.2) is 0 Å². The van der Waals surface area contributed by atoms with Gasteiger partial charge in [-0.1, -0.05) is 19.9 Å². The lowest BCUT2D eigenvalue weighted by Crippen LogP contribution is -2.65. The summed E-state index contributed by atoms with van der Waals surface area (Å²) < 4.78 is 71.1. The highest BCUT2D eigenvalue weighted by atomic mass is 16.8. The quantitative estimate of drug-likeness (QED) is 0.106. The summed E-state index contributed by atoms with van der Waals surface area (Å²) in [5.41, 5.74) is 0.317. The lowest BCUT2D eigenvalue weighted by atomic mass is 9.62. The predicted octanol–water partition coefficient (Wildman–Crippen LogP) is -3.17. The van der Waals surface area contributed by atoms with Crippen LogP contribution in [0.1, 0.15) is 37.2 Å². The Bertz CT molecular complexity index is 1920. The van der Waals surface area contributed by atoms with Gasteiger partial charge in [-0.05, 0) is 35.4 Å². The van der Waals surface area contributed by atoms with E-state index in [9.17, 15) is 51.1 Å². The fourth-order valence-corrected chi connectivity index (χ4v) is 9.34. The summed E-state index contributed by atoms with van der Waals surface area (Å²) in [6.45, 7) is 2.55. The van der Waals surface area contributed by atoms with Gasteiger partial charge in [-0.2, -0.15) is 0 Å². The highest BCUT2D eigenvalue weighted by Crippen LogP contribution is 2.67. The van der Waals surface area contributed by atoms with E-state index in [-0.39, 0.29) is 36.9 Å². The van der Waals surface area contributed by atoms with Crippen molar-refractivity contribution in [1.82, 2.24) is 0 Å². The molecule has 0 spiro atoms. The Morgan fingerprint density at radius 3 is 1.79 bits per heavy atom. The van der Waals surface area contributed by atoms with Crippen molar-refractivity contribution in [3.63, 3.8) is 0 Å². The van der Waals surface area contributed by atoms with Gasteiger partial charge in [0.05, 0.1) is 45.2 Å². The minimum atomic E-state index is -1.93. The van der Waals surface area contributed by atoms with E-state index in [1.807, 2.05) is 18.2 Å². The average molecular weight is 885 g/mol. The molecule has 0 bridgehead atoms. The molecule has 6 unspecified atom stereocenters. The molecule has 7 aliphatic rings. The van der Waals surface area contributed by atoms with E-state index in [1.54, 1.807) is 12.1 Å². The summed E-state index contributed by atoms with van der Waals surface area (Å²) in [7, 11) is 0. The van der Waals surface area contributed by atoms with E-state index in [0.717, 1.165) is 5.56 Å². The fraction of sp³-hybridized carbons (Fsp3) is 0.700. The summed E-state index contributed by atoms with van der Waals surface area (Å²) in [5.74, 6) is 1.67. The molecule has 9 rings (SSSR count). The maximum atomic E-state index is 11.6. The molecular formula is C40H52O22. The molecule has 19 atom stereocenters. The lowest BCUT2D eigenvalue weighted by molar-refractivity contribution is -0.363. The predicted molar refractivity (Wildman–Crippen MR) is 198 cm³/mol. The molecular weight excluding hydrogens is 832 g/mol. The van der Waals surface area contributed by atoms with Crippen molar-refractivity contribution in [3.05, 3.63) is 41.5 Å². The number of benzene rings is 2. The average Bonchev–Trinajstić information content (AvgIpc) is 4.05. The first-order valence-corrected chi connectivity index (χ1v) is 20.3. The van der Waals surface area contributed by atoms with Crippen LogP contribution >= 0.6 is 0 Å². The van der Waals surface area contributed by atoms with E-state index in [1.165, 1.54) is 0 Å². The number of fused-ring (bicyclic) bond motifs is 3. The SMILES string of the molecule is C[C@]12CO[C@H](c3cc4c(c(O[C@@H]5OC(CO[C@@H]6OC(CO)[C@@H](O)C(O)[C@@H]6O)[C@@H](O)C(O)[C@@H]5O[C@@H]5OC(CO)[C@@H](O)C(O)[C@@H]5O)c3)OCO4)[C@@]1(C)CO[C@@H]2c1ccc2c(c1)OCO2. The summed E-state index contributed by atoms with van der Waals surface area (Å²) in [4.78, 5) is 0. The van der Waals surface area contributed by atoms with Crippen LogP contribution in [0.25, 0.3) is 0 Å². The maximum absolute atomic E-state index is 11.6. The zero-order valence-corrected chi connectivity index (χ0v) is 33.5. The molecule has 10 N–H and O–H groups in total. The van der Waals surface area contributed by atoms with E-state index in [4.69, 9.17) is 56.8 Å². The van der Waals surface area contributed by atoms with Crippen molar-refractivity contribution in [2.75, 3.05) is 46.6 Å². The molecule has 7 heterocycles. The molecule has 7 aliphatic heterocycles. The molecule has 22 nitrogen and oxygen atoms in total. The van der Waals surface area contributed by atoms with Crippen LogP contribution in [-0.4, -0.2) is 190 Å². The standard InChI is InChI=1S/C40H52O22/c1-39-11-53-35(40(39,2)12-52-34(39)15-3-4-17-18(5-15)55-13-54-17)16-6-19-32(57-14-56-19)20(7-16)58-38-33(62-37-31(50)28(47)25(44)22(9-42)60-37)29(48)26(45)23(61-38)10-51-36-30(49)27(46)24(43)21(8-41)59-36/h3-7,21-31,33-38,41-50H,8-14H2,1-2H3/t21?,22?,23?,24-,25-,26-,27?,28?,29?,30+,31+,33+,34-,35-,36-,37+,38-,39-,40-/m1/s1. The summed E-state index contributed by atoms with van der Waals surface area (Å²) in [6, 6.07) is 9.08. The molecule has 2 aromatic carbocycles. The third-order valence-corrected chi connectivity index (χ3v) is 13.3. The first kappa shape index (κ1) is 44.0. The third-order valence-electron chi connectivity index (χ3n) is 13.3. The molecule has 0 amide bonds. The number of hydrogen-bond donors (Lipinski definition) is 10. The second-order valence-electron chi connectivity index (χ2n) is 17.1. The van der Waals surface area contributed by atoms with Crippen LogP contribution in [0, 0.1) is 10.8 Å². The van der Waals surface area contributed by atoms with Crippen LogP contribution in [0.2, 0.25) is 0 Å². The van der Waals surface area contributed by atoms with Crippen LogP contribution in [0.3, 0.4) is 0 Å². The second-order valence-corrected chi connectivity index (χ2v) is 17.1. The zero-order chi connectivity index (χ0) is 43.8. The minimum Gasteiger partial charge on any atom is -0.458 e. The van der Waals surface area contributed by atoms with Gasteiger partial charge in [0.15, 0.2) is 41.7 Å². The van der Waals surface area contributed by atoms with E-state index < -0.39 is 129 Å². The number of aliphatic hydroxyl groups is 10. The van der Waals surface area contributed by atoms with Crippen molar-refractivity contribution in [2.45, 2.75) is 118 Å². The Balaban J connectivity index is 1.01. The Morgan fingerprint density at radius 1 is 0.565 bits per heavy atom. The van der Waals surface area contributed by atoms with Gasteiger partial charge < -0.3 is 108 Å². The minimum absolute atomic E-state index is 0.00614. The molecule has 22 heteroatoms. The summed E-state index contributed by atoms with van der Waals surface area (Å²) in [5, 5.41) is 105. The molecule has 5 saturated heterocycles. The summed E-state index contributed by atoms with van der Waals surface area (Å²) in [6.07, 6.45) is -26.6. The Morgan fingerprint density at radius 2 is 1.11 bits per heavy atom. The Hall–Kier alpha value is -3.24. The first-order chi connectivity index (χ1) is 29.7. The topological polar surface area (TPSA) is 313 Å². The second kappa shape index (κ2) is 17.0. The van der Waals surface area contributed by atoms with Gasteiger partial charge in [0.1, 0.15) is 67.1 Å². The van der Waals surface area contributed by atoms with Crippen LogP contribution < -0.4 is 23.7 Å². The first-order valence-electron chi connectivity index (χ1n) is 20.3. The van der Waals surface area contributed by atoms with Crippen molar-refractivity contribution >= 4 is 0 Å². The molecule has 0 aromatic heterocycles. The van der Waals surface area contributed by atoms with Crippen LogP contribution in [-0.2, 0) is 33.2 Å². The Labute approximate surface area is 353 Å². The monoisotopic (exact) mass is 884 g/mol. The fourth-order valence-electron chi connectivity index (χ4n) is 9.34. The highest BCUT2D eigenvalue weighted by molar-refractivity contribution is 5.56. The van der Waals surface area contributed by atoms with Gasteiger partial charge in [0.25, 0.3) is 0 Å². The summed E-state index contributed by atoms with van der Waals surface area (Å²) >= 11 is 0. The number of aliphatic hydroxyl groups excluding tert-OH is 10. The molecule has 0 saturated carbocycles. The highest BCUT2D eigenvalue weighted by Gasteiger charge is 2.65. The van der Waals surface area contributed by atoms with E-state index in [2.05, 4.69) is 13.8 Å². The van der Waals surface area contributed by atoms with Gasteiger partial charge in [-0.3, -0.25) is 0 Å². The van der Waals surface area contributed by atoms with Gasteiger partial charge >= 0.3 is 0 Å². The lowest BCUT2D eigenvalue weighted by Gasteiger charge is -2.46. The van der Waals surface area contributed by atoms with Crippen molar-refractivity contribution in [2.24, 2.45) is 10.8 Å². The third kappa shape index (κ3) is 7.27. The molecule has 5 fully saturated rings. The van der Waals surface area contributed by atoms with E-state index in [0.29, 0.717) is 30.3 Å². The van der Waals surface area contributed by atoms with Crippen LogP contribution in [0.5, 0.6) is 28.7 Å². The van der Waals surface area contributed by atoms with E-state index >= 15 is 0 Å². The number of rotatable bonds is 11. The van der Waals surface area contributed by atoms with Crippen LogP contribution in [0.15, 0.2) is 30.3 Å². The van der Waals surface area contributed by atoms with Crippen LogP contribution in [0.4, 0.5) is 0 Å². The smallest absolute Gasteiger partial charge is 0.231 e. The van der Waals surface area contributed by atoms with Gasteiger partial charge in [0, 0.05) is 10.8 Å².